The number of rotatable bonds is 2. The average molecular weight is 285 g/mol. The first-order valence-corrected chi connectivity index (χ1v) is 6.42. The van der Waals surface area contributed by atoms with Crippen LogP contribution in [0, 0.1) is 0 Å². The van der Waals surface area contributed by atoms with Crippen LogP contribution >= 0.6 is 23.2 Å². The van der Waals surface area contributed by atoms with Crippen molar-refractivity contribution in [1.29, 1.82) is 0 Å². The molecule has 0 spiro atoms. The van der Waals surface area contributed by atoms with Crippen molar-refractivity contribution < 1.29 is 9.59 Å². The fraction of sp³-hybridized carbons (Fsp3) is 0.333. The quantitative estimate of drug-likeness (QED) is 0.784. The second-order valence-electron chi connectivity index (χ2n) is 4.47. The van der Waals surface area contributed by atoms with E-state index in [1.807, 2.05) is 0 Å². The SMILES string of the molecule is O=C1CN(C2CC2)C(=O)N1c1cc(Cl)ccc1Cl. The van der Waals surface area contributed by atoms with Crippen molar-refractivity contribution in [2.24, 2.45) is 0 Å². The minimum absolute atomic E-state index is 0.131. The normalized spacial score (nSPS) is 19.9. The van der Waals surface area contributed by atoms with Gasteiger partial charge >= 0.3 is 6.03 Å². The minimum Gasteiger partial charge on any atom is -0.312 e. The Bertz CT molecular complexity index is 543. The van der Waals surface area contributed by atoms with Crippen LogP contribution in [-0.2, 0) is 4.79 Å². The number of imide groups is 1. The lowest BCUT2D eigenvalue weighted by molar-refractivity contribution is -0.116. The molecule has 3 amide bonds. The van der Waals surface area contributed by atoms with Gasteiger partial charge in [-0.05, 0) is 31.0 Å². The molecule has 2 aliphatic rings. The van der Waals surface area contributed by atoms with E-state index in [1.165, 1.54) is 6.07 Å². The zero-order valence-electron chi connectivity index (χ0n) is 9.40. The number of amides is 3. The van der Waals surface area contributed by atoms with Crippen LogP contribution in [0.3, 0.4) is 0 Å². The van der Waals surface area contributed by atoms with E-state index in [0.717, 1.165) is 17.7 Å². The van der Waals surface area contributed by atoms with Crippen molar-refractivity contribution >= 4 is 40.8 Å². The number of hydrogen-bond acceptors (Lipinski definition) is 2. The molecule has 0 unspecified atom stereocenters. The fourth-order valence-electron chi connectivity index (χ4n) is 2.09. The van der Waals surface area contributed by atoms with E-state index in [-0.39, 0.29) is 24.5 Å². The molecule has 0 bridgehead atoms. The summed E-state index contributed by atoms with van der Waals surface area (Å²) in [5, 5.41) is 0.790. The summed E-state index contributed by atoms with van der Waals surface area (Å²) in [6.07, 6.45) is 1.94. The maximum atomic E-state index is 12.2. The van der Waals surface area contributed by atoms with Crippen molar-refractivity contribution in [3.63, 3.8) is 0 Å². The van der Waals surface area contributed by atoms with Crippen molar-refractivity contribution in [3.05, 3.63) is 28.2 Å². The molecule has 1 saturated heterocycles. The first-order valence-electron chi connectivity index (χ1n) is 5.66. The largest absolute Gasteiger partial charge is 0.332 e. The molecule has 1 aliphatic carbocycles. The van der Waals surface area contributed by atoms with Gasteiger partial charge < -0.3 is 4.90 Å². The molecule has 0 N–H and O–H groups in total. The summed E-state index contributed by atoms with van der Waals surface area (Å²) < 4.78 is 0. The molecular formula is C12H10Cl2N2O2. The van der Waals surface area contributed by atoms with Gasteiger partial charge in [0, 0.05) is 11.1 Å². The van der Waals surface area contributed by atoms with Crippen LogP contribution < -0.4 is 4.90 Å². The predicted octanol–water partition coefficient (Wildman–Crippen LogP) is 2.92. The Morgan fingerprint density at radius 2 is 1.89 bits per heavy atom. The summed E-state index contributed by atoms with van der Waals surface area (Å²) in [6.45, 7) is 0.131. The molecular weight excluding hydrogens is 275 g/mol. The van der Waals surface area contributed by atoms with Crippen LogP contribution in [0.4, 0.5) is 10.5 Å². The molecule has 4 nitrogen and oxygen atoms in total. The third kappa shape index (κ3) is 1.85. The van der Waals surface area contributed by atoms with Gasteiger partial charge in [0.05, 0.1) is 10.7 Å². The Morgan fingerprint density at radius 1 is 1.17 bits per heavy atom. The molecule has 1 aromatic carbocycles. The van der Waals surface area contributed by atoms with Gasteiger partial charge in [0.1, 0.15) is 6.54 Å². The second kappa shape index (κ2) is 4.14. The first kappa shape index (κ1) is 11.8. The first-order chi connectivity index (χ1) is 8.58. The van der Waals surface area contributed by atoms with Crippen molar-refractivity contribution in [1.82, 2.24) is 4.90 Å². The summed E-state index contributed by atoms with van der Waals surface area (Å²) >= 11 is 11.9. The molecule has 1 aliphatic heterocycles. The van der Waals surface area contributed by atoms with Gasteiger partial charge in [0.25, 0.3) is 5.91 Å². The van der Waals surface area contributed by atoms with E-state index in [9.17, 15) is 9.59 Å². The van der Waals surface area contributed by atoms with Crippen LogP contribution in [-0.4, -0.2) is 29.4 Å². The maximum absolute atomic E-state index is 12.2. The van der Waals surface area contributed by atoms with E-state index >= 15 is 0 Å². The van der Waals surface area contributed by atoms with Gasteiger partial charge in [-0.1, -0.05) is 23.2 Å². The van der Waals surface area contributed by atoms with Crippen LogP contribution in [0.2, 0.25) is 10.0 Å². The van der Waals surface area contributed by atoms with Gasteiger partial charge in [-0.2, -0.15) is 0 Å². The van der Waals surface area contributed by atoms with E-state index in [4.69, 9.17) is 23.2 Å². The number of hydrogen-bond donors (Lipinski definition) is 0. The van der Waals surface area contributed by atoms with Gasteiger partial charge in [0.2, 0.25) is 0 Å². The van der Waals surface area contributed by atoms with Crippen LogP contribution in [0.1, 0.15) is 12.8 Å². The van der Waals surface area contributed by atoms with Gasteiger partial charge in [0.15, 0.2) is 0 Å². The van der Waals surface area contributed by atoms with Crippen molar-refractivity contribution in [2.45, 2.75) is 18.9 Å². The molecule has 94 valence electrons. The Labute approximate surface area is 114 Å². The molecule has 1 saturated carbocycles. The topological polar surface area (TPSA) is 40.6 Å². The number of benzene rings is 1. The van der Waals surface area contributed by atoms with Crippen molar-refractivity contribution in [2.75, 3.05) is 11.4 Å². The van der Waals surface area contributed by atoms with E-state index in [1.54, 1.807) is 17.0 Å². The smallest absolute Gasteiger partial charge is 0.312 e. The molecule has 3 rings (SSSR count). The molecule has 1 heterocycles. The molecule has 18 heavy (non-hydrogen) atoms. The Kier molecular flexibility index (Phi) is 2.72. The summed E-state index contributed by atoms with van der Waals surface area (Å²) in [5.41, 5.74) is 0.363. The van der Waals surface area contributed by atoms with Crippen LogP contribution in [0.5, 0.6) is 0 Å². The number of carbonyl (C=O) groups is 2. The highest BCUT2D eigenvalue weighted by atomic mass is 35.5. The minimum atomic E-state index is -0.299. The lowest BCUT2D eigenvalue weighted by atomic mass is 10.3. The highest BCUT2D eigenvalue weighted by molar-refractivity contribution is 6.37. The molecule has 2 fully saturated rings. The van der Waals surface area contributed by atoms with E-state index in [2.05, 4.69) is 0 Å². The third-order valence-electron chi connectivity index (χ3n) is 3.13. The fourth-order valence-corrected chi connectivity index (χ4v) is 2.45. The van der Waals surface area contributed by atoms with Crippen LogP contribution in [0.15, 0.2) is 18.2 Å². The van der Waals surface area contributed by atoms with Gasteiger partial charge in [-0.25, -0.2) is 9.69 Å². The molecule has 1 aromatic rings. The Hall–Kier alpha value is -1.26. The van der Waals surface area contributed by atoms with Gasteiger partial charge in [-0.3, -0.25) is 4.79 Å². The summed E-state index contributed by atoms with van der Waals surface area (Å²) in [4.78, 5) is 26.9. The zero-order chi connectivity index (χ0) is 12.9. The highest BCUT2D eigenvalue weighted by Gasteiger charge is 2.44. The summed E-state index contributed by atoms with van der Waals surface area (Å²) in [6, 6.07) is 4.66. The number of halogens is 2. The maximum Gasteiger partial charge on any atom is 0.332 e. The second-order valence-corrected chi connectivity index (χ2v) is 5.31. The number of nitrogens with zero attached hydrogens (tertiary/aromatic N) is 2. The number of urea groups is 1. The lowest BCUT2D eigenvalue weighted by Crippen LogP contribution is -2.34. The number of anilines is 1. The zero-order valence-corrected chi connectivity index (χ0v) is 10.9. The van der Waals surface area contributed by atoms with E-state index < -0.39 is 0 Å². The standard InChI is InChI=1S/C12H10Cl2N2O2/c13-7-1-4-9(14)10(5-7)16-11(17)6-15(12(16)18)8-2-3-8/h1,4-5,8H,2-3,6H2. The third-order valence-corrected chi connectivity index (χ3v) is 3.68. The molecule has 0 radical (unpaired) electrons. The Morgan fingerprint density at radius 3 is 2.56 bits per heavy atom. The predicted molar refractivity (Wildman–Crippen MR) is 69.1 cm³/mol. The molecule has 6 heteroatoms. The monoisotopic (exact) mass is 284 g/mol. The number of carbonyl (C=O) groups excluding carboxylic acids is 2. The van der Waals surface area contributed by atoms with Crippen molar-refractivity contribution in [3.8, 4) is 0 Å². The average Bonchev–Trinajstić information content (AvgIpc) is 3.11. The Balaban J connectivity index is 1.98. The summed E-state index contributed by atoms with van der Waals surface area (Å²) in [5.74, 6) is -0.254. The molecule has 0 atom stereocenters. The lowest BCUT2D eigenvalue weighted by Gasteiger charge is -2.17. The summed E-state index contributed by atoms with van der Waals surface area (Å²) in [7, 11) is 0. The van der Waals surface area contributed by atoms with Crippen LogP contribution in [0.25, 0.3) is 0 Å². The van der Waals surface area contributed by atoms with E-state index in [0.29, 0.717) is 15.7 Å². The van der Waals surface area contributed by atoms with Gasteiger partial charge in [-0.15, -0.1) is 0 Å². The molecule has 0 aromatic heterocycles. The highest BCUT2D eigenvalue weighted by Crippen LogP contribution is 2.35.